The van der Waals surface area contributed by atoms with E-state index in [1.54, 1.807) is 24.4 Å². The Kier molecular flexibility index (Phi) is 12.5. The number of carbonyl (C=O) groups is 1. The fourth-order valence-corrected chi connectivity index (χ4v) is 2.87. The van der Waals surface area contributed by atoms with Crippen molar-refractivity contribution in [3.8, 4) is 5.75 Å². The maximum absolute atomic E-state index is 12.1. The lowest BCUT2D eigenvalue weighted by Crippen LogP contribution is -2.33. The van der Waals surface area contributed by atoms with Crippen LogP contribution in [0.3, 0.4) is 0 Å². The first-order valence-corrected chi connectivity index (χ1v) is 10.7. The van der Waals surface area contributed by atoms with Gasteiger partial charge in [0, 0.05) is 37.6 Å². The lowest BCUT2D eigenvalue weighted by atomic mass is 10.1. The first-order chi connectivity index (χ1) is 15.9. The van der Waals surface area contributed by atoms with Crippen molar-refractivity contribution in [2.45, 2.75) is 33.2 Å². The number of nitrogens with one attached hydrogen (secondary N) is 2. The summed E-state index contributed by atoms with van der Waals surface area (Å²) in [5.74, 6) is 0.926. The topological polar surface area (TPSA) is 90.8 Å². The summed E-state index contributed by atoms with van der Waals surface area (Å²) in [6.07, 6.45) is 4.28. The van der Waals surface area contributed by atoms with Crippen molar-refractivity contribution in [2.75, 3.05) is 27.3 Å². The van der Waals surface area contributed by atoms with Crippen molar-refractivity contribution >= 4 is 18.4 Å². The molecule has 0 unspecified atom stereocenters. The number of hydrogen-bond acceptors (Lipinski definition) is 9. The number of ether oxygens (including phenoxy) is 2. The molecule has 0 fully saturated rings. The summed E-state index contributed by atoms with van der Waals surface area (Å²) in [5, 5.41) is 15.1. The molecule has 1 aromatic rings. The number of methoxy groups -OCH3 is 1. The minimum atomic E-state index is -0.391. The molecule has 33 heavy (non-hydrogen) atoms. The van der Waals surface area contributed by atoms with E-state index in [0.717, 1.165) is 17.7 Å². The molecule has 0 atom stereocenters. The highest BCUT2D eigenvalue weighted by Gasteiger charge is 2.17. The average molecular weight is 457 g/mol. The molecule has 1 rings (SSSR count). The molecule has 2 N–H and O–H groups in total. The van der Waals surface area contributed by atoms with Crippen LogP contribution in [-0.4, -0.2) is 55.8 Å². The number of hydrazine groups is 1. The highest BCUT2D eigenvalue weighted by Crippen LogP contribution is 2.21. The monoisotopic (exact) mass is 456 g/mol. The van der Waals surface area contributed by atoms with Crippen LogP contribution in [0.4, 0.5) is 0 Å². The van der Waals surface area contributed by atoms with Crippen molar-refractivity contribution in [1.29, 1.82) is 0 Å². The SMILES string of the molecule is C=CCOc1ccccc1CN(C=C)N(C)/N=C(C)\C(CC(=O)OC)=C(\NCCC)NN=C. The second-order valence-electron chi connectivity index (χ2n) is 6.97. The third-order valence-corrected chi connectivity index (χ3v) is 4.57. The predicted octanol–water partition coefficient (Wildman–Crippen LogP) is 3.40. The van der Waals surface area contributed by atoms with E-state index in [9.17, 15) is 4.79 Å². The molecular weight excluding hydrogens is 420 g/mol. The van der Waals surface area contributed by atoms with E-state index in [2.05, 4.69) is 40.8 Å². The van der Waals surface area contributed by atoms with Gasteiger partial charge in [0.15, 0.2) is 0 Å². The zero-order valence-corrected chi connectivity index (χ0v) is 20.1. The molecule has 0 spiro atoms. The Hall–Kier alpha value is -3.75. The van der Waals surface area contributed by atoms with E-state index in [4.69, 9.17) is 9.47 Å². The maximum Gasteiger partial charge on any atom is 0.310 e. The zero-order chi connectivity index (χ0) is 24.6. The van der Waals surface area contributed by atoms with Gasteiger partial charge in [-0.15, -0.1) is 0 Å². The number of carbonyl (C=O) groups excluding carboxylic acids is 1. The van der Waals surface area contributed by atoms with Crippen LogP contribution in [-0.2, 0) is 16.1 Å². The van der Waals surface area contributed by atoms with Gasteiger partial charge in [-0.25, -0.2) is 5.12 Å². The second kappa shape index (κ2) is 15.1. The minimum Gasteiger partial charge on any atom is -0.489 e. The molecule has 0 heterocycles. The Morgan fingerprint density at radius 2 is 2.00 bits per heavy atom. The molecule has 0 aromatic heterocycles. The molecule has 0 aliphatic carbocycles. The van der Waals surface area contributed by atoms with Crippen LogP contribution in [0.1, 0.15) is 32.3 Å². The highest BCUT2D eigenvalue weighted by atomic mass is 16.5. The molecule has 180 valence electrons. The van der Waals surface area contributed by atoms with Crippen LogP contribution < -0.4 is 15.5 Å². The van der Waals surface area contributed by atoms with Crippen LogP contribution >= 0.6 is 0 Å². The summed E-state index contributed by atoms with van der Waals surface area (Å²) in [6.45, 7) is 16.5. The Morgan fingerprint density at radius 3 is 2.61 bits per heavy atom. The number of hydrazone groups is 2. The van der Waals surface area contributed by atoms with Gasteiger partial charge in [0.1, 0.15) is 18.2 Å². The summed E-state index contributed by atoms with van der Waals surface area (Å²) < 4.78 is 10.6. The van der Waals surface area contributed by atoms with Crippen LogP contribution in [0, 0.1) is 0 Å². The lowest BCUT2D eigenvalue weighted by molar-refractivity contribution is -0.139. The predicted molar refractivity (Wildman–Crippen MR) is 133 cm³/mol. The summed E-state index contributed by atoms with van der Waals surface area (Å²) in [5.41, 5.74) is 5.01. The third kappa shape index (κ3) is 9.10. The van der Waals surface area contributed by atoms with E-state index >= 15 is 0 Å². The van der Waals surface area contributed by atoms with Crippen molar-refractivity contribution < 1.29 is 14.3 Å². The third-order valence-electron chi connectivity index (χ3n) is 4.57. The maximum atomic E-state index is 12.1. The van der Waals surface area contributed by atoms with Gasteiger partial charge < -0.3 is 14.8 Å². The summed E-state index contributed by atoms with van der Waals surface area (Å²) in [6, 6.07) is 7.75. The first-order valence-electron chi connectivity index (χ1n) is 10.7. The molecule has 0 saturated heterocycles. The van der Waals surface area contributed by atoms with Crippen molar-refractivity contribution in [3.05, 3.63) is 66.7 Å². The number of rotatable bonds is 16. The molecule has 1 aromatic carbocycles. The van der Waals surface area contributed by atoms with Crippen molar-refractivity contribution in [2.24, 2.45) is 10.2 Å². The van der Waals surface area contributed by atoms with Crippen LogP contribution in [0.15, 0.2) is 71.3 Å². The molecule has 9 heteroatoms. The van der Waals surface area contributed by atoms with Gasteiger partial charge in [0.25, 0.3) is 0 Å². The van der Waals surface area contributed by atoms with Crippen molar-refractivity contribution in [1.82, 2.24) is 20.9 Å². The fraction of sp³-hybridized carbons (Fsp3) is 0.375. The largest absolute Gasteiger partial charge is 0.489 e. The number of benzene rings is 1. The second-order valence-corrected chi connectivity index (χ2v) is 6.97. The fourth-order valence-electron chi connectivity index (χ4n) is 2.87. The Morgan fingerprint density at radius 1 is 1.27 bits per heavy atom. The summed E-state index contributed by atoms with van der Waals surface area (Å²) in [4.78, 5) is 12.1. The molecule has 0 bridgehead atoms. The van der Waals surface area contributed by atoms with Crippen LogP contribution in [0.2, 0.25) is 0 Å². The normalized spacial score (nSPS) is 11.6. The van der Waals surface area contributed by atoms with Crippen molar-refractivity contribution in [3.63, 3.8) is 0 Å². The van der Waals surface area contributed by atoms with Gasteiger partial charge in [-0.3, -0.25) is 15.2 Å². The molecule has 0 radical (unpaired) electrons. The van der Waals surface area contributed by atoms with E-state index in [1.807, 2.05) is 43.1 Å². The molecule has 9 nitrogen and oxygen atoms in total. The smallest absolute Gasteiger partial charge is 0.310 e. The van der Waals surface area contributed by atoms with E-state index < -0.39 is 5.97 Å². The van der Waals surface area contributed by atoms with Gasteiger partial charge >= 0.3 is 5.97 Å². The Balaban J connectivity index is 3.23. The van der Waals surface area contributed by atoms with Gasteiger partial charge in [-0.1, -0.05) is 44.4 Å². The Bertz CT molecular complexity index is 866. The molecule has 0 aliphatic heterocycles. The Labute approximate surface area is 197 Å². The molecule has 0 amide bonds. The standard InChI is InChI=1S/C24H36N6O3/c1-8-15-26-24(27-25-5)21(17-23(31)32-7)19(4)28-29(6)30(10-3)18-20-13-11-12-14-22(20)33-16-9-2/h9-14,26-27H,2-3,5,8,15-18H2,1,4,6-7H3/b24-21-,28-19-. The quantitative estimate of drug-likeness (QED) is 0.170. The van der Waals surface area contributed by atoms with Gasteiger partial charge in [0.2, 0.25) is 0 Å². The van der Waals surface area contributed by atoms with E-state index in [-0.39, 0.29) is 6.42 Å². The lowest BCUT2D eigenvalue weighted by Gasteiger charge is -2.29. The minimum absolute atomic E-state index is 0.0144. The van der Waals surface area contributed by atoms with E-state index in [1.165, 1.54) is 7.11 Å². The van der Waals surface area contributed by atoms with Crippen LogP contribution in [0.25, 0.3) is 0 Å². The molecular formula is C24H36N6O3. The highest BCUT2D eigenvalue weighted by molar-refractivity contribution is 6.02. The van der Waals surface area contributed by atoms with Gasteiger partial charge in [-0.05, 0) is 19.4 Å². The number of para-hydroxylation sites is 1. The van der Waals surface area contributed by atoms with Crippen LogP contribution in [0.5, 0.6) is 5.75 Å². The van der Waals surface area contributed by atoms with E-state index in [0.29, 0.717) is 36.8 Å². The number of nitrogens with zero attached hydrogens (tertiary/aromatic N) is 4. The average Bonchev–Trinajstić information content (AvgIpc) is 2.82. The number of hydrogen-bond donors (Lipinski definition) is 2. The summed E-state index contributed by atoms with van der Waals surface area (Å²) >= 11 is 0. The zero-order valence-electron chi connectivity index (χ0n) is 20.1. The van der Waals surface area contributed by atoms with Gasteiger partial charge in [-0.2, -0.15) is 10.2 Å². The first kappa shape index (κ1) is 27.3. The molecule has 0 saturated carbocycles. The van der Waals surface area contributed by atoms with Gasteiger partial charge in [0.05, 0.1) is 25.8 Å². The summed E-state index contributed by atoms with van der Waals surface area (Å²) in [7, 11) is 3.15. The molecule has 0 aliphatic rings. The number of esters is 1.